The third-order valence-corrected chi connectivity index (χ3v) is 1.48. The number of methoxy groups -OCH3 is 2. The van der Waals surface area contributed by atoms with E-state index >= 15 is 0 Å². The Bertz CT molecular complexity index is 554. The van der Waals surface area contributed by atoms with Crippen LogP contribution in [-0.4, -0.2) is 36.6 Å². The largest absolute Gasteiger partial charge is 0.557 e. The number of hydrogen-bond acceptors (Lipinski definition) is 10. The molecular formula is C17H26N6O8Rf4-8. The van der Waals surface area contributed by atoms with Crippen molar-refractivity contribution in [3.05, 3.63) is 77.0 Å². The van der Waals surface area contributed by atoms with Gasteiger partial charge in [-0.2, -0.15) is 13.8 Å². The zero-order chi connectivity index (χ0) is 25.6. The molecule has 0 radical (unpaired) electrons. The predicted molar refractivity (Wildman–Crippen MR) is 110 cm³/mol. The average Bonchev–Trinajstić information content (AvgIpc) is 2.75. The molecular weight excluding hydrogens is 1480 g/mol. The number of azide groups is 2. The van der Waals surface area contributed by atoms with E-state index in [4.69, 9.17) is 21.6 Å². The molecule has 0 spiro atoms. The summed E-state index contributed by atoms with van der Waals surface area (Å²) in [7, 11) is 14.8. The van der Waals surface area contributed by atoms with Crippen molar-refractivity contribution < 1.29 is 39.2 Å². The van der Waals surface area contributed by atoms with Crippen molar-refractivity contribution >= 4 is 0 Å². The van der Waals surface area contributed by atoms with E-state index in [0.29, 0.717) is 0 Å². The summed E-state index contributed by atoms with van der Waals surface area (Å²) in [6.07, 6.45) is 0.750. The molecule has 0 aromatic rings. The van der Waals surface area contributed by atoms with Crippen LogP contribution in [0.2, 0.25) is 0 Å². The van der Waals surface area contributed by atoms with Crippen molar-refractivity contribution in [1.82, 2.24) is 0 Å². The van der Waals surface area contributed by atoms with Crippen molar-refractivity contribution in [2.24, 2.45) is 10.2 Å². The summed E-state index contributed by atoms with van der Waals surface area (Å²) in [6.45, 7) is 13.0. The minimum atomic E-state index is -2.09. The Hall–Kier alpha value is -6.84. The van der Waals surface area contributed by atoms with Crippen LogP contribution in [0.1, 0.15) is 6.42 Å². The van der Waals surface area contributed by atoms with Gasteiger partial charge in [-0.1, -0.05) is 0 Å². The molecule has 0 saturated heterocycles. The van der Waals surface area contributed by atoms with Gasteiger partial charge in [0.15, 0.2) is 0 Å². The van der Waals surface area contributed by atoms with Gasteiger partial charge in [-0.25, -0.2) is 48.7 Å². The first-order chi connectivity index (χ1) is 14.7. The Labute approximate surface area is 183 Å². The van der Waals surface area contributed by atoms with E-state index in [9.17, 15) is 0 Å². The van der Waals surface area contributed by atoms with Gasteiger partial charge in [0.25, 0.3) is 0 Å². The van der Waals surface area contributed by atoms with E-state index in [2.05, 4.69) is 129 Å². The first-order valence-corrected chi connectivity index (χ1v) is 7.11. The molecule has 0 aromatic carbocycles. The van der Waals surface area contributed by atoms with Crippen LogP contribution in [0.3, 0.4) is 0 Å². The summed E-state index contributed by atoms with van der Waals surface area (Å²) >= 11 is 0. The maximum atomic E-state index is 8.18. The molecule has 18 heteroatoms. The smallest absolute Gasteiger partial charge is 0.234 e. The molecule has 2 N–H and O–H groups in total. The Morgan fingerprint density at radius 1 is 0.743 bits per heavy atom. The molecule has 0 amide bonds. The fourth-order valence-electron chi connectivity index (χ4n) is 0.656. The molecule has 2 unspecified atom stereocenters. The second-order valence-electron chi connectivity index (χ2n) is 3.55. The Morgan fingerprint density at radius 3 is 1.03 bits per heavy atom. The van der Waals surface area contributed by atoms with Gasteiger partial charge >= 0.3 is 0 Å². The average molecular weight is 1510 g/mol. The standard InChI is InChI=1S/2C5H5N3O3.C3H6.2C2H5O.4Rf/c2*1-3-4-5(10-2,11-9)7-8-6;3*1-3-2;;;;/h2*9H,1-2H2;1-3H2;2*1H2,2H3;;;;/q3*-2;2*-1;;;;. The first-order valence-electron chi connectivity index (χ1n) is 7.11. The second-order valence-corrected chi connectivity index (χ2v) is 3.55. The maximum Gasteiger partial charge on any atom is 0.234 e. The molecule has 0 aliphatic carbocycles. The third-order valence-electron chi connectivity index (χ3n) is 1.48. The van der Waals surface area contributed by atoms with E-state index < -0.39 is 11.8 Å². The number of rotatable bonds is 6. The number of ether oxygens (including phenoxy) is 4. The van der Waals surface area contributed by atoms with Gasteiger partial charge in [0, 0.05) is 9.82 Å². The third kappa shape index (κ3) is 38.4. The van der Waals surface area contributed by atoms with Gasteiger partial charge in [-0.05, 0) is 35.5 Å². The summed E-state index contributed by atoms with van der Waals surface area (Å²) in [4.78, 5) is 11.9. The summed E-state index contributed by atoms with van der Waals surface area (Å²) in [5.74, 6) is 4.10. The Kier molecular flexibility index (Phi) is 73.9. The monoisotopic (exact) mass is 1510 g/mol. The fraction of sp³-hybridized carbons (Fsp3) is 0.294. The van der Waals surface area contributed by atoms with Crippen LogP contribution < -0.4 is 0 Å². The summed E-state index contributed by atoms with van der Waals surface area (Å²) in [6, 6.07) is 0. The van der Waals surface area contributed by atoms with Gasteiger partial charge in [-0.3, -0.25) is 23.7 Å². The molecule has 0 aliphatic heterocycles. The van der Waals surface area contributed by atoms with Crippen LogP contribution in [0.15, 0.2) is 10.2 Å². The molecule has 14 nitrogen and oxygen atoms in total. The minimum Gasteiger partial charge on any atom is -0.557 e. The Balaban J connectivity index is -0.0000000379. The molecule has 0 aliphatic rings. The zero-order valence-electron chi connectivity index (χ0n) is 20.2. The molecule has 0 rings (SSSR count). The number of hydrogen-bond donors (Lipinski definition) is 2. The quantitative estimate of drug-likeness (QED) is 0.0582. The topological polar surface area (TPSA) is 193 Å². The van der Waals surface area contributed by atoms with Gasteiger partial charge in [0.2, 0.25) is 11.8 Å². The summed E-state index contributed by atoms with van der Waals surface area (Å²) < 4.78 is 16.4. The van der Waals surface area contributed by atoms with Crippen molar-refractivity contribution in [2.45, 2.75) is 18.2 Å². The minimum absolute atomic E-state index is 0. The molecule has 0 saturated carbocycles. The van der Waals surface area contributed by atoms with Crippen molar-refractivity contribution in [2.75, 3.05) is 14.2 Å². The van der Waals surface area contributed by atoms with E-state index in [1.54, 1.807) is 0 Å². The SMILES string of the molecule is [CH2-]C#CC(N=[N+]=[N-])(O[CH2-])OO.[CH2-]C#CC(N=[N+]=[N-])(O[CH2-])OO.[CH2-]C[CH2-].[CH2-]OC.[CH2-]OC.[Rf].[Rf].[Rf].[Rf]. The second kappa shape index (κ2) is 45.7. The van der Waals surface area contributed by atoms with E-state index in [1.165, 1.54) is 14.2 Å². The van der Waals surface area contributed by atoms with Crippen LogP contribution in [-0.2, 0) is 28.7 Å². The van der Waals surface area contributed by atoms with Crippen LogP contribution >= 0.6 is 0 Å². The van der Waals surface area contributed by atoms with Gasteiger partial charge in [-0.15, -0.1) is 0 Å². The predicted octanol–water partition coefficient (Wildman–Crippen LogP) is 4.07. The molecule has 2 atom stereocenters. The van der Waals surface area contributed by atoms with Crippen molar-refractivity contribution in [3.63, 3.8) is 0 Å². The molecule has 188 valence electrons. The van der Waals surface area contributed by atoms with E-state index in [-0.39, 0.29) is 0 Å². The van der Waals surface area contributed by atoms with Gasteiger partial charge in [0.05, 0.1) is 0 Å². The van der Waals surface area contributed by atoms with Crippen LogP contribution in [0.5, 0.6) is 0 Å². The molecule has 0 bridgehead atoms. The van der Waals surface area contributed by atoms with Crippen LogP contribution in [0.4, 0.5) is 0 Å². The van der Waals surface area contributed by atoms with Crippen LogP contribution in [0, 0.1) is 79.8 Å². The molecule has 0 aromatic heterocycles. The maximum absolute atomic E-state index is 8.18. The van der Waals surface area contributed by atoms with Gasteiger partial charge in [0.1, 0.15) is 0 Å². The van der Waals surface area contributed by atoms with Gasteiger partial charge < -0.3 is 39.2 Å². The van der Waals surface area contributed by atoms with Crippen LogP contribution in [0.25, 0.3) is 20.9 Å². The Morgan fingerprint density at radius 2 is 0.943 bits per heavy atom. The normalized spacial score (nSPS) is 10.1. The number of nitrogens with zero attached hydrogens (tertiary/aromatic N) is 6. The molecule has 0 heterocycles. The van der Waals surface area contributed by atoms with Crippen molar-refractivity contribution in [1.29, 1.82) is 0 Å². The first kappa shape index (κ1) is 56.6. The zero-order valence-corrected chi connectivity index (χ0v) is 45.8. The van der Waals surface area contributed by atoms with E-state index in [0.717, 1.165) is 6.42 Å². The summed E-state index contributed by atoms with van der Waals surface area (Å²) in [5.41, 5.74) is 15.9. The molecule has 0 fully saturated rings. The van der Waals surface area contributed by atoms with E-state index in [1.807, 2.05) is 0 Å². The van der Waals surface area contributed by atoms with Crippen molar-refractivity contribution in [3.8, 4) is 23.7 Å². The summed E-state index contributed by atoms with van der Waals surface area (Å²) in [5, 5.41) is 22.1. The molecule has 35 heavy (non-hydrogen) atoms. The fourth-order valence-corrected chi connectivity index (χ4v) is 0.656.